The van der Waals surface area contributed by atoms with Crippen molar-refractivity contribution in [2.75, 3.05) is 31.5 Å². The van der Waals surface area contributed by atoms with Crippen LogP contribution in [0.25, 0.3) is 0 Å². The molecule has 4 heterocycles. The van der Waals surface area contributed by atoms with Crippen molar-refractivity contribution in [3.05, 3.63) is 41.3 Å². The lowest BCUT2D eigenvalue weighted by atomic mass is 9.93. The van der Waals surface area contributed by atoms with Crippen molar-refractivity contribution in [1.29, 1.82) is 0 Å². The fourth-order valence-corrected chi connectivity index (χ4v) is 4.85. The number of likely N-dealkylation sites (tertiary alicyclic amines) is 2. The molecule has 1 atom stereocenters. The third-order valence-electron chi connectivity index (χ3n) is 6.53. The SMILES string of the molecule is CCN1CCC(CC(=O)N2CCCC2c2cccc(Nc3nc(C)cc(C)n3)n2)CC1. The van der Waals surface area contributed by atoms with E-state index in [9.17, 15) is 4.79 Å². The van der Waals surface area contributed by atoms with Crippen LogP contribution in [-0.4, -0.2) is 56.8 Å². The molecule has 1 amide bonds. The van der Waals surface area contributed by atoms with Gasteiger partial charge in [-0.3, -0.25) is 4.79 Å². The molecule has 31 heavy (non-hydrogen) atoms. The molecule has 7 heteroatoms. The molecule has 2 aliphatic rings. The Morgan fingerprint density at radius 1 is 1.06 bits per heavy atom. The first-order chi connectivity index (χ1) is 15.0. The predicted molar refractivity (Wildman–Crippen MR) is 122 cm³/mol. The zero-order valence-electron chi connectivity index (χ0n) is 19.0. The van der Waals surface area contributed by atoms with Crippen molar-refractivity contribution < 1.29 is 4.79 Å². The molecule has 0 radical (unpaired) electrons. The number of nitrogens with zero attached hydrogens (tertiary/aromatic N) is 5. The highest BCUT2D eigenvalue weighted by Gasteiger charge is 2.32. The molecule has 0 aromatic carbocycles. The van der Waals surface area contributed by atoms with E-state index in [1.165, 1.54) is 0 Å². The van der Waals surface area contributed by atoms with Gasteiger partial charge < -0.3 is 15.1 Å². The molecular formula is C24H34N6O. The van der Waals surface area contributed by atoms with Crippen LogP contribution < -0.4 is 5.32 Å². The summed E-state index contributed by atoms with van der Waals surface area (Å²) in [5.74, 6) is 2.07. The Labute approximate surface area is 185 Å². The van der Waals surface area contributed by atoms with Gasteiger partial charge in [0.25, 0.3) is 0 Å². The van der Waals surface area contributed by atoms with Crippen LogP contribution in [0.5, 0.6) is 0 Å². The Kier molecular flexibility index (Phi) is 6.80. The van der Waals surface area contributed by atoms with Crippen molar-refractivity contribution in [3.8, 4) is 0 Å². The number of carbonyl (C=O) groups is 1. The number of carbonyl (C=O) groups excluding carboxylic acids is 1. The van der Waals surface area contributed by atoms with Gasteiger partial charge in [0.15, 0.2) is 0 Å². The van der Waals surface area contributed by atoms with Gasteiger partial charge in [0.1, 0.15) is 5.82 Å². The molecule has 2 fully saturated rings. The Bertz CT molecular complexity index is 888. The number of hydrogen-bond donors (Lipinski definition) is 1. The smallest absolute Gasteiger partial charge is 0.228 e. The lowest BCUT2D eigenvalue weighted by Crippen LogP contribution is -2.37. The second-order valence-corrected chi connectivity index (χ2v) is 8.87. The maximum Gasteiger partial charge on any atom is 0.228 e. The van der Waals surface area contributed by atoms with Gasteiger partial charge in [-0.15, -0.1) is 0 Å². The average molecular weight is 423 g/mol. The maximum absolute atomic E-state index is 13.1. The molecule has 7 nitrogen and oxygen atoms in total. The minimum Gasteiger partial charge on any atom is -0.334 e. The molecule has 1 unspecified atom stereocenters. The number of nitrogens with one attached hydrogen (secondary N) is 1. The lowest BCUT2D eigenvalue weighted by Gasteiger charge is -2.32. The van der Waals surface area contributed by atoms with Gasteiger partial charge in [0, 0.05) is 24.4 Å². The number of hydrogen-bond acceptors (Lipinski definition) is 6. The molecule has 2 saturated heterocycles. The zero-order valence-corrected chi connectivity index (χ0v) is 19.0. The second-order valence-electron chi connectivity index (χ2n) is 8.87. The number of pyridine rings is 1. The van der Waals surface area contributed by atoms with E-state index in [1.807, 2.05) is 38.1 Å². The van der Waals surface area contributed by atoms with Gasteiger partial charge in [0.2, 0.25) is 11.9 Å². The van der Waals surface area contributed by atoms with E-state index in [1.54, 1.807) is 0 Å². The standard InChI is InChI=1S/C24H34N6O/c1-4-29-13-10-19(11-14-29)16-23(31)30-12-6-8-21(30)20-7-5-9-22(27-20)28-24-25-17(2)15-18(3)26-24/h5,7,9,15,19,21H,4,6,8,10-14,16H2,1-3H3,(H,25,26,27,28). The summed E-state index contributed by atoms with van der Waals surface area (Å²) < 4.78 is 0. The van der Waals surface area contributed by atoms with Crippen LogP contribution in [0.1, 0.15) is 62.2 Å². The molecule has 1 N–H and O–H groups in total. The Morgan fingerprint density at radius 3 is 2.52 bits per heavy atom. The molecule has 166 valence electrons. The van der Waals surface area contributed by atoms with Gasteiger partial charge in [-0.1, -0.05) is 13.0 Å². The third kappa shape index (κ3) is 5.39. The molecule has 0 aliphatic carbocycles. The van der Waals surface area contributed by atoms with Crippen LogP contribution >= 0.6 is 0 Å². The quantitative estimate of drug-likeness (QED) is 0.758. The fourth-order valence-electron chi connectivity index (χ4n) is 4.85. The first kappa shape index (κ1) is 21.7. The molecule has 2 aromatic heterocycles. The van der Waals surface area contributed by atoms with Gasteiger partial charge in [-0.05, 0) is 83.3 Å². The Balaban J connectivity index is 1.42. The average Bonchev–Trinajstić information content (AvgIpc) is 3.24. The molecule has 2 aliphatic heterocycles. The van der Waals surface area contributed by atoms with Crippen LogP contribution in [0.4, 0.5) is 11.8 Å². The van der Waals surface area contributed by atoms with Crippen molar-refractivity contribution in [3.63, 3.8) is 0 Å². The summed E-state index contributed by atoms with van der Waals surface area (Å²) in [7, 11) is 0. The van der Waals surface area contributed by atoms with Crippen molar-refractivity contribution >= 4 is 17.7 Å². The van der Waals surface area contributed by atoms with Gasteiger partial charge in [-0.2, -0.15) is 0 Å². The number of rotatable bonds is 6. The van der Waals surface area contributed by atoms with Crippen molar-refractivity contribution in [2.24, 2.45) is 5.92 Å². The molecule has 4 rings (SSSR count). The molecule has 2 aromatic rings. The van der Waals surface area contributed by atoms with Crippen molar-refractivity contribution in [2.45, 2.75) is 58.9 Å². The van der Waals surface area contributed by atoms with Gasteiger partial charge >= 0.3 is 0 Å². The van der Waals surface area contributed by atoms with E-state index in [0.29, 0.717) is 24.1 Å². The summed E-state index contributed by atoms with van der Waals surface area (Å²) in [5.41, 5.74) is 2.79. The summed E-state index contributed by atoms with van der Waals surface area (Å²) in [5, 5.41) is 3.23. The minimum atomic E-state index is 0.0603. The Morgan fingerprint density at radius 2 is 1.81 bits per heavy atom. The number of amides is 1. The number of aryl methyl sites for hydroxylation is 2. The number of anilines is 2. The summed E-state index contributed by atoms with van der Waals surface area (Å²) in [6.07, 6.45) is 4.93. The molecule has 0 bridgehead atoms. The lowest BCUT2D eigenvalue weighted by molar-refractivity contribution is -0.133. The van der Waals surface area contributed by atoms with Crippen LogP contribution in [-0.2, 0) is 4.79 Å². The predicted octanol–water partition coefficient (Wildman–Crippen LogP) is 4.02. The largest absolute Gasteiger partial charge is 0.334 e. The summed E-state index contributed by atoms with van der Waals surface area (Å²) in [4.78, 5) is 31.4. The molecular weight excluding hydrogens is 388 g/mol. The normalized spacial score (nSPS) is 20.2. The monoisotopic (exact) mass is 422 g/mol. The van der Waals surface area contributed by atoms with Crippen molar-refractivity contribution in [1.82, 2.24) is 24.8 Å². The van der Waals surface area contributed by atoms with Crippen LogP contribution in [0.3, 0.4) is 0 Å². The first-order valence-electron chi connectivity index (χ1n) is 11.6. The summed E-state index contributed by atoms with van der Waals surface area (Å²) >= 11 is 0. The van der Waals surface area contributed by atoms with Gasteiger partial charge in [0.05, 0.1) is 11.7 Å². The summed E-state index contributed by atoms with van der Waals surface area (Å²) in [6, 6.07) is 7.96. The molecule has 0 saturated carbocycles. The van der Waals surface area contributed by atoms with E-state index in [4.69, 9.17) is 4.98 Å². The van der Waals surface area contributed by atoms with E-state index in [0.717, 1.165) is 68.9 Å². The third-order valence-corrected chi connectivity index (χ3v) is 6.53. The van der Waals surface area contributed by atoms with E-state index in [-0.39, 0.29) is 11.9 Å². The minimum absolute atomic E-state index is 0.0603. The highest BCUT2D eigenvalue weighted by Crippen LogP contribution is 2.33. The number of piperidine rings is 1. The number of aromatic nitrogens is 3. The first-order valence-corrected chi connectivity index (χ1v) is 11.6. The van der Waals surface area contributed by atoms with Gasteiger partial charge in [-0.25, -0.2) is 15.0 Å². The second kappa shape index (κ2) is 9.73. The van der Waals surface area contributed by atoms with E-state index in [2.05, 4.69) is 32.0 Å². The molecule has 0 spiro atoms. The fraction of sp³-hybridized carbons (Fsp3) is 0.583. The topological polar surface area (TPSA) is 74.2 Å². The van der Waals surface area contributed by atoms with Crippen LogP contribution in [0.15, 0.2) is 24.3 Å². The van der Waals surface area contributed by atoms with E-state index >= 15 is 0 Å². The Hall–Kier alpha value is -2.54. The zero-order chi connectivity index (χ0) is 21.8. The maximum atomic E-state index is 13.1. The van der Waals surface area contributed by atoms with Crippen LogP contribution in [0.2, 0.25) is 0 Å². The van der Waals surface area contributed by atoms with E-state index < -0.39 is 0 Å². The summed E-state index contributed by atoms with van der Waals surface area (Å²) in [6.45, 7) is 10.3. The highest BCUT2D eigenvalue weighted by molar-refractivity contribution is 5.77. The highest BCUT2D eigenvalue weighted by atomic mass is 16.2. The van der Waals surface area contributed by atoms with Crippen LogP contribution in [0, 0.1) is 19.8 Å².